The van der Waals surface area contributed by atoms with Crippen LogP contribution in [0.25, 0.3) is 11.2 Å². The van der Waals surface area contributed by atoms with Crippen LogP contribution in [-0.2, 0) is 0 Å². The molecule has 8 nitrogen and oxygen atoms in total. The van der Waals surface area contributed by atoms with E-state index in [4.69, 9.17) is 5.53 Å². The van der Waals surface area contributed by atoms with Crippen LogP contribution in [0.5, 0.6) is 0 Å². The van der Waals surface area contributed by atoms with Crippen LogP contribution < -0.4 is 4.90 Å². The summed E-state index contributed by atoms with van der Waals surface area (Å²) in [5.74, 6) is 1.98. The minimum atomic E-state index is 0.987. The molecular weight excluding hydrogens is 424 g/mol. The van der Waals surface area contributed by atoms with Crippen molar-refractivity contribution in [1.82, 2.24) is 19.4 Å². The molecular formula is C26H22N8. The van der Waals surface area contributed by atoms with Crippen molar-refractivity contribution >= 4 is 17.8 Å². The lowest BCUT2D eigenvalue weighted by molar-refractivity contribution is 0.00819. The van der Waals surface area contributed by atoms with E-state index >= 15 is 0 Å². The van der Waals surface area contributed by atoms with Gasteiger partial charge in [0, 0.05) is 43.1 Å². The number of nitrogens with zero attached hydrogens (tertiary/aromatic N) is 8. The topological polar surface area (TPSA) is 87.6 Å². The molecule has 8 heteroatoms. The van der Waals surface area contributed by atoms with Crippen LogP contribution in [0, 0.1) is 0 Å². The molecule has 0 spiro atoms. The molecule has 0 N–H and O–H groups in total. The summed E-state index contributed by atoms with van der Waals surface area (Å²) < 4.78 is 3.64. The van der Waals surface area contributed by atoms with Crippen molar-refractivity contribution in [2.45, 2.75) is 0 Å². The molecule has 0 aliphatic carbocycles. The van der Waals surface area contributed by atoms with Crippen LogP contribution in [0.4, 0.5) is 5.69 Å². The Morgan fingerprint density at radius 2 is 1.59 bits per heavy atom. The summed E-state index contributed by atoms with van der Waals surface area (Å²) >= 11 is 0. The zero-order valence-electron chi connectivity index (χ0n) is 19.0. The lowest BCUT2D eigenvalue weighted by Gasteiger charge is -2.13. The van der Waals surface area contributed by atoms with Crippen molar-refractivity contribution in [1.29, 1.82) is 0 Å². The third-order valence-corrected chi connectivity index (χ3v) is 3.60. The Balaban J connectivity index is 0.000000375. The zero-order chi connectivity index (χ0) is 25.0. The van der Waals surface area contributed by atoms with Gasteiger partial charge in [-0.15, -0.1) is 20.7 Å². The van der Waals surface area contributed by atoms with Gasteiger partial charge in [-0.2, -0.15) is 5.10 Å². The molecule has 2 heterocycles. The molecule has 3 rings (SSSR count). The molecule has 0 saturated carbocycles. The first-order valence-electron chi connectivity index (χ1n) is 9.56. The number of benzene rings is 1. The van der Waals surface area contributed by atoms with E-state index in [1.807, 2.05) is 38.3 Å². The van der Waals surface area contributed by atoms with Crippen molar-refractivity contribution in [3.05, 3.63) is 126 Å². The van der Waals surface area contributed by atoms with Crippen LogP contribution in [-0.4, -0.2) is 50.4 Å². The zero-order valence-corrected chi connectivity index (χ0v) is 19.0. The van der Waals surface area contributed by atoms with E-state index in [1.165, 1.54) is 5.69 Å². The third kappa shape index (κ3) is 9.98. The number of rotatable bonds is 4. The van der Waals surface area contributed by atoms with E-state index in [0.717, 1.165) is 11.4 Å². The largest absolute Gasteiger partial charge is 0.378 e. The predicted octanol–water partition coefficient (Wildman–Crippen LogP) is 3.98. The average molecular weight is 447 g/mol. The Kier molecular flexibility index (Phi) is 12.6. The Labute approximate surface area is 198 Å². The second kappa shape index (κ2) is 16.2. The molecule has 3 aromatic rings. The summed E-state index contributed by atoms with van der Waals surface area (Å²) in [6, 6.07) is 12.4. The van der Waals surface area contributed by atoms with E-state index in [0.29, 0.717) is 0 Å². The molecule has 1 aromatic carbocycles. The van der Waals surface area contributed by atoms with E-state index in [-0.39, 0.29) is 0 Å². The van der Waals surface area contributed by atoms with Gasteiger partial charge in [-0.1, -0.05) is 18.9 Å². The van der Waals surface area contributed by atoms with Crippen LogP contribution in [0.15, 0.2) is 120 Å². The lowest BCUT2D eigenvalue weighted by atomic mass is 10.2. The number of anilines is 1. The smallest absolute Gasteiger partial charge is 0.363 e. The fraction of sp³-hybridized carbons (Fsp3) is 0.0769. The molecule has 166 valence electrons. The summed E-state index contributed by atoms with van der Waals surface area (Å²) in [6.07, 6.45) is 6.90. The summed E-state index contributed by atoms with van der Waals surface area (Å²) in [5.41, 5.74) is 27.3. The minimum Gasteiger partial charge on any atom is -0.378 e. The highest BCUT2D eigenvalue weighted by Gasteiger charge is 2.02. The summed E-state index contributed by atoms with van der Waals surface area (Å²) in [4.78, 5) is 4.59. The van der Waals surface area contributed by atoms with Gasteiger partial charge in [-0.05, 0) is 54.4 Å². The van der Waals surface area contributed by atoms with Crippen molar-refractivity contribution in [2.75, 3.05) is 19.0 Å². The fourth-order valence-corrected chi connectivity index (χ4v) is 2.22. The van der Waals surface area contributed by atoms with Gasteiger partial charge in [0.2, 0.25) is 0 Å². The Hall–Kier alpha value is -5.53. The number of hydrogen-bond donors (Lipinski definition) is 0. The van der Waals surface area contributed by atoms with Crippen molar-refractivity contribution in [3.8, 4) is 5.69 Å². The highest BCUT2D eigenvalue weighted by molar-refractivity contribution is 5.78. The number of aromatic nitrogens is 4. The van der Waals surface area contributed by atoms with Gasteiger partial charge in [0.05, 0.1) is 17.6 Å². The van der Waals surface area contributed by atoms with Gasteiger partial charge in [0.25, 0.3) is 0 Å². The molecule has 0 unspecified atom stereocenters. The third-order valence-electron chi connectivity index (χ3n) is 3.60. The molecule has 0 radical (unpaired) electrons. The first kappa shape index (κ1) is 26.5. The minimum absolute atomic E-state index is 0.987. The van der Waals surface area contributed by atoms with Gasteiger partial charge < -0.3 is 15.0 Å². The van der Waals surface area contributed by atoms with Gasteiger partial charge in [-0.25, -0.2) is 4.68 Å². The normalized spacial score (nSPS) is 8.18. The first-order chi connectivity index (χ1) is 16.6. The maximum Gasteiger partial charge on any atom is 0.363 e. The van der Waals surface area contributed by atoms with Crippen LogP contribution in [0.2, 0.25) is 0 Å². The van der Waals surface area contributed by atoms with Crippen LogP contribution in [0.3, 0.4) is 0 Å². The Morgan fingerprint density at radius 3 is 2.18 bits per heavy atom. The van der Waals surface area contributed by atoms with E-state index < -0.39 is 0 Å². The Morgan fingerprint density at radius 1 is 0.971 bits per heavy atom. The van der Waals surface area contributed by atoms with Gasteiger partial charge >= 0.3 is 5.87 Å². The molecule has 0 saturated heterocycles. The monoisotopic (exact) mass is 446 g/mol. The van der Waals surface area contributed by atoms with Gasteiger partial charge in [0.1, 0.15) is 12.7 Å². The van der Waals surface area contributed by atoms with Crippen molar-refractivity contribution in [2.24, 2.45) is 5.10 Å². The average Bonchev–Trinajstić information content (AvgIpc) is 3.53. The highest BCUT2D eigenvalue weighted by Crippen LogP contribution is 2.17. The summed E-state index contributed by atoms with van der Waals surface area (Å²) in [6.45, 7) is 9.48. The molecule has 0 aliphatic rings. The molecule has 0 fully saturated rings. The van der Waals surface area contributed by atoms with Gasteiger partial charge in [-0.3, -0.25) is 0 Å². The highest BCUT2D eigenvalue weighted by atomic mass is 15.4. The maximum atomic E-state index is 7.79. The SMILES string of the molecule is C=C=C.C=C=C=C=C=C=C=C=[N+]=[N-].CN(C)c1ccc(-n2cccc2/C=N/n2cnnc2)cc1. The van der Waals surface area contributed by atoms with Crippen molar-refractivity contribution < 1.29 is 4.79 Å². The molecule has 34 heavy (non-hydrogen) atoms. The fourth-order valence-electron chi connectivity index (χ4n) is 2.22. The molecule has 0 bridgehead atoms. The Bertz CT molecular complexity index is 1360. The first-order valence-corrected chi connectivity index (χ1v) is 9.56. The summed E-state index contributed by atoms with van der Waals surface area (Å²) in [5, 5.41) is 11.7. The molecule has 0 atom stereocenters. The van der Waals surface area contributed by atoms with E-state index in [9.17, 15) is 0 Å². The molecule has 0 aliphatic heterocycles. The van der Waals surface area contributed by atoms with Crippen LogP contribution >= 0.6 is 0 Å². The summed E-state index contributed by atoms with van der Waals surface area (Å²) in [7, 11) is 4.06. The van der Waals surface area contributed by atoms with Crippen LogP contribution in [0.1, 0.15) is 5.69 Å². The second-order valence-corrected chi connectivity index (χ2v) is 6.06. The molecule has 2 aromatic heterocycles. The quantitative estimate of drug-likeness (QED) is 0.263. The van der Waals surface area contributed by atoms with E-state index in [2.05, 4.69) is 114 Å². The van der Waals surface area contributed by atoms with E-state index in [1.54, 1.807) is 23.5 Å². The predicted molar refractivity (Wildman–Crippen MR) is 133 cm³/mol. The van der Waals surface area contributed by atoms with Gasteiger partial charge in [0.15, 0.2) is 0 Å². The van der Waals surface area contributed by atoms with Crippen molar-refractivity contribution in [3.63, 3.8) is 0 Å². The standard InChI is InChI=1S/C15H16N6.C8H2N2.C3H4/c1-19(2)13-5-7-14(8-6-13)21-9-3-4-15(21)10-18-20-11-16-17-12-20;1-2-3-4-5-6-7-8-10-9;1-3-2/h3-12H,1-2H3;1H2;1-2H2/b18-10+;;. The number of hydrogen-bond acceptors (Lipinski definition) is 4. The maximum absolute atomic E-state index is 7.79. The lowest BCUT2D eigenvalue weighted by Crippen LogP contribution is -2.08. The second-order valence-electron chi connectivity index (χ2n) is 6.06. The molecule has 0 amide bonds.